The SMILES string of the molecule is O=C(Nc1ccc(F)c(-c2nnc3n2CCCCC3)c1)c1ncc(F)cc1F. The molecule has 1 aliphatic heterocycles. The molecule has 1 aliphatic rings. The summed E-state index contributed by atoms with van der Waals surface area (Å²) in [6.45, 7) is 0.693. The molecule has 0 bridgehead atoms. The molecule has 3 heterocycles. The maximum Gasteiger partial charge on any atom is 0.277 e. The van der Waals surface area contributed by atoms with Crippen LogP contribution in [0.2, 0.25) is 0 Å². The Hall–Kier alpha value is -3.23. The molecule has 6 nitrogen and oxygen atoms in total. The predicted octanol–water partition coefficient (Wildman–Crippen LogP) is 3.74. The van der Waals surface area contributed by atoms with Gasteiger partial charge in [-0.15, -0.1) is 10.2 Å². The number of amides is 1. The first-order chi connectivity index (χ1) is 13.5. The minimum atomic E-state index is -1.08. The van der Waals surface area contributed by atoms with Crippen LogP contribution in [-0.4, -0.2) is 25.7 Å². The molecule has 144 valence electrons. The Bertz CT molecular complexity index is 1050. The summed E-state index contributed by atoms with van der Waals surface area (Å²) < 4.78 is 43.1. The van der Waals surface area contributed by atoms with E-state index in [1.54, 1.807) is 0 Å². The van der Waals surface area contributed by atoms with E-state index < -0.39 is 29.1 Å². The number of pyridine rings is 1. The van der Waals surface area contributed by atoms with E-state index in [1.165, 1.54) is 18.2 Å². The number of halogens is 3. The lowest BCUT2D eigenvalue weighted by molar-refractivity contribution is 0.101. The van der Waals surface area contributed by atoms with Crippen molar-refractivity contribution in [3.05, 3.63) is 59.4 Å². The average Bonchev–Trinajstić information content (AvgIpc) is 2.91. The molecule has 0 saturated carbocycles. The molecule has 4 rings (SSSR count). The Morgan fingerprint density at radius 2 is 1.89 bits per heavy atom. The summed E-state index contributed by atoms with van der Waals surface area (Å²) >= 11 is 0. The summed E-state index contributed by atoms with van der Waals surface area (Å²) in [6, 6.07) is 4.52. The van der Waals surface area contributed by atoms with Crippen molar-refractivity contribution in [1.82, 2.24) is 19.7 Å². The summed E-state index contributed by atoms with van der Waals surface area (Å²) in [6.07, 6.45) is 4.55. The van der Waals surface area contributed by atoms with Crippen LogP contribution in [-0.2, 0) is 13.0 Å². The van der Waals surface area contributed by atoms with Crippen molar-refractivity contribution < 1.29 is 18.0 Å². The summed E-state index contributed by atoms with van der Waals surface area (Å²) in [5.41, 5.74) is -0.132. The van der Waals surface area contributed by atoms with Crippen LogP contribution in [0.25, 0.3) is 11.4 Å². The summed E-state index contributed by atoms with van der Waals surface area (Å²) in [7, 11) is 0. The molecular weight excluding hydrogens is 371 g/mol. The van der Waals surface area contributed by atoms with E-state index in [2.05, 4.69) is 20.5 Å². The van der Waals surface area contributed by atoms with Gasteiger partial charge in [0.15, 0.2) is 17.3 Å². The molecular formula is C19H16F3N5O. The standard InChI is InChI=1S/C19H16F3N5O/c20-11-8-15(22)17(23-10-11)19(28)24-12-5-6-14(21)13(9-12)18-26-25-16-4-2-1-3-7-27(16)18/h5-6,8-10H,1-4,7H2,(H,24,28). The van der Waals surface area contributed by atoms with Crippen LogP contribution in [0.1, 0.15) is 35.6 Å². The van der Waals surface area contributed by atoms with Gasteiger partial charge in [-0.05, 0) is 31.0 Å². The third kappa shape index (κ3) is 3.47. The van der Waals surface area contributed by atoms with E-state index in [-0.39, 0.29) is 11.3 Å². The number of fused-ring (bicyclic) bond motifs is 1. The number of benzene rings is 1. The highest BCUT2D eigenvalue weighted by Crippen LogP contribution is 2.27. The molecule has 28 heavy (non-hydrogen) atoms. The number of carbonyl (C=O) groups excluding carboxylic acids is 1. The van der Waals surface area contributed by atoms with Crippen molar-refractivity contribution in [1.29, 1.82) is 0 Å². The number of nitrogens with zero attached hydrogens (tertiary/aromatic N) is 4. The van der Waals surface area contributed by atoms with Gasteiger partial charge < -0.3 is 9.88 Å². The molecule has 2 aromatic heterocycles. The number of hydrogen-bond donors (Lipinski definition) is 1. The number of hydrogen-bond acceptors (Lipinski definition) is 4. The van der Waals surface area contributed by atoms with Gasteiger partial charge in [0.25, 0.3) is 5.91 Å². The number of anilines is 1. The Morgan fingerprint density at radius 1 is 1.04 bits per heavy atom. The number of carbonyl (C=O) groups is 1. The van der Waals surface area contributed by atoms with Crippen LogP contribution in [0.5, 0.6) is 0 Å². The first-order valence-corrected chi connectivity index (χ1v) is 8.87. The first-order valence-electron chi connectivity index (χ1n) is 8.87. The van der Waals surface area contributed by atoms with Crippen LogP contribution in [0.15, 0.2) is 30.5 Å². The van der Waals surface area contributed by atoms with Crippen molar-refractivity contribution in [3.8, 4) is 11.4 Å². The van der Waals surface area contributed by atoms with E-state index in [0.29, 0.717) is 18.4 Å². The molecule has 0 aliphatic carbocycles. The number of aromatic nitrogens is 4. The Balaban J connectivity index is 1.65. The van der Waals surface area contributed by atoms with Crippen LogP contribution < -0.4 is 5.32 Å². The van der Waals surface area contributed by atoms with Crippen molar-refractivity contribution in [2.45, 2.75) is 32.2 Å². The third-order valence-corrected chi connectivity index (χ3v) is 4.60. The topological polar surface area (TPSA) is 72.7 Å². The molecule has 3 aromatic rings. The van der Waals surface area contributed by atoms with Gasteiger partial charge in [0.1, 0.15) is 17.5 Å². The number of nitrogens with one attached hydrogen (secondary N) is 1. The zero-order valence-electron chi connectivity index (χ0n) is 14.8. The monoisotopic (exact) mass is 387 g/mol. The molecule has 0 unspecified atom stereocenters. The molecule has 0 saturated heterocycles. The normalized spacial score (nSPS) is 13.7. The zero-order chi connectivity index (χ0) is 19.7. The van der Waals surface area contributed by atoms with Crippen LogP contribution in [0.4, 0.5) is 18.9 Å². The van der Waals surface area contributed by atoms with Crippen molar-refractivity contribution in [2.75, 3.05) is 5.32 Å². The minimum Gasteiger partial charge on any atom is -0.321 e. The molecule has 0 spiro atoms. The van der Waals surface area contributed by atoms with Gasteiger partial charge in [0.2, 0.25) is 0 Å². The number of rotatable bonds is 3. The van der Waals surface area contributed by atoms with Gasteiger partial charge in [0, 0.05) is 24.7 Å². The zero-order valence-corrected chi connectivity index (χ0v) is 14.8. The van der Waals surface area contributed by atoms with E-state index in [0.717, 1.165) is 37.7 Å². The van der Waals surface area contributed by atoms with Gasteiger partial charge >= 0.3 is 0 Å². The molecule has 0 fully saturated rings. The van der Waals surface area contributed by atoms with Gasteiger partial charge in [-0.1, -0.05) is 6.42 Å². The van der Waals surface area contributed by atoms with Crippen molar-refractivity contribution in [2.24, 2.45) is 0 Å². The summed E-state index contributed by atoms with van der Waals surface area (Å²) in [5, 5.41) is 10.7. The van der Waals surface area contributed by atoms with E-state index in [1.807, 2.05) is 4.57 Å². The second-order valence-corrected chi connectivity index (χ2v) is 6.53. The second-order valence-electron chi connectivity index (χ2n) is 6.53. The van der Waals surface area contributed by atoms with Crippen LogP contribution in [0.3, 0.4) is 0 Å². The fraction of sp³-hybridized carbons (Fsp3) is 0.263. The molecule has 1 amide bonds. The maximum absolute atomic E-state index is 14.5. The molecule has 1 aromatic carbocycles. The third-order valence-electron chi connectivity index (χ3n) is 4.60. The largest absolute Gasteiger partial charge is 0.321 e. The number of aryl methyl sites for hydroxylation is 1. The Morgan fingerprint density at radius 3 is 2.71 bits per heavy atom. The van der Waals surface area contributed by atoms with Gasteiger partial charge in [-0.3, -0.25) is 4.79 Å². The maximum atomic E-state index is 14.5. The highest BCUT2D eigenvalue weighted by molar-refractivity contribution is 6.03. The van der Waals surface area contributed by atoms with Gasteiger partial charge in [-0.2, -0.15) is 0 Å². The fourth-order valence-corrected chi connectivity index (χ4v) is 3.23. The molecule has 0 atom stereocenters. The van der Waals surface area contributed by atoms with Crippen LogP contribution >= 0.6 is 0 Å². The minimum absolute atomic E-state index is 0.186. The van der Waals surface area contributed by atoms with E-state index >= 15 is 0 Å². The van der Waals surface area contributed by atoms with Crippen molar-refractivity contribution >= 4 is 11.6 Å². The molecule has 0 radical (unpaired) electrons. The average molecular weight is 387 g/mol. The molecule has 1 N–H and O–H groups in total. The quantitative estimate of drug-likeness (QED) is 0.743. The Kier molecular flexibility index (Phi) is 4.81. The van der Waals surface area contributed by atoms with Gasteiger partial charge in [0.05, 0.1) is 11.8 Å². The first kappa shape index (κ1) is 18.1. The smallest absolute Gasteiger partial charge is 0.277 e. The molecule has 9 heteroatoms. The van der Waals surface area contributed by atoms with Crippen LogP contribution in [0, 0.1) is 17.5 Å². The van der Waals surface area contributed by atoms with E-state index in [9.17, 15) is 18.0 Å². The summed E-state index contributed by atoms with van der Waals surface area (Å²) in [5.74, 6) is -2.15. The Labute approximate surface area is 158 Å². The summed E-state index contributed by atoms with van der Waals surface area (Å²) in [4.78, 5) is 15.7. The van der Waals surface area contributed by atoms with Gasteiger partial charge in [-0.25, -0.2) is 18.2 Å². The second kappa shape index (κ2) is 7.41. The highest BCUT2D eigenvalue weighted by atomic mass is 19.1. The van der Waals surface area contributed by atoms with Crippen molar-refractivity contribution in [3.63, 3.8) is 0 Å². The van der Waals surface area contributed by atoms with E-state index in [4.69, 9.17) is 0 Å². The highest BCUT2D eigenvalue weighted by Gasteiger charge is 2.20. The lowest BCUT2D eigenvalue weighted by Gasteiger charge is -2.10. The lowest BCUT2D eigenvalue weighted by atomic mass is 10.1. The fourth-order valence-electron chi connectivity index (χ4n) is 3.23. The lowest BCUT2D eigenvalue weighted by Crippen LogP contribution is -2.16. The predicted molar refractivity (Wildman–Crippen MR) is 95.1 cm³/mol.